The Morgan fingerprint density at radius 2 is 1.50 bits per heavy atom. The summed E-state index contributed by atoms with van der Waals surface area (Å²) in [5.41, 5.74) is -0.221. The zero-order valence-electron chi connectivity index (χ0n) is 12.4. The van der Waals surface area contributed by atoms with Gasteiger partial charge in [-0.2, -0.15) is 0 Å². The van der Waals surface area contributed by atoms with Crippen LogP contribution in [-0.4, -0.2) is 39.6 Å². The van der Waals surface area contributed by atoms with Gasteiger partial charge in [0.25, 0.3) is 0 Å². The third-order valence-electron chi connectivity index (χ3n) is 3.17. The summed E-state index contributed by atoms with van der Waals surface area (Å²) in [5, 5.41) is 3.95. The number of fused-ring (bicyclic) bond motifs is 1. The summed E-state index contributed by atoms with van der Waals surface area (Å²) in [6.45, 7) is 8.10. The minimum Gasteiger partial charge on any atom is -0.488 e. The van der Waals surface area contributed by atoms with E-state index in [0.717, 1.165) is 37.6 Å². The highest BCUT2D eigenvalue weighted by Gasteiger charge is 2.36. The molecule has 0 unspecified atom stereocenters. The van der Waals surface area contributed by atoms with Crippen molar-refractivity contribution in [3.05, 3.63) is 10.8 Å². The average molecular weight is 300 g/mol. The van der Waals surface area contributed by atoms with Gasteiger partial charge >= 0.3 is 0 Å². The van der Waals surface area contributed by atoms with Gasteiger partial charge < -0.3 is 18.9 Å². The van der Waals surface area contributed by atoms with Gasteiger partial charge in [-0.3, -0.25) is 0 Å². The third-order valence-corrected chi connectivity index (χ3v) is 3.87. The van der Waals surface area contributed by atoms with E-state index < -0.39 is 0 Å². The van der Waals surface area contributed by atoms with E-state index in [1.807, 2.05) is 10.8 Å². The minimum absolute atomic E-state index is 0.221. The fourth-order valence-corrected chi connectivity index (χ4v) is 2.75. The lowest BCUT2D eigenvalue weighted by Crippen LogP contribution is -2.42. The second-order valence-electron chi connectivity index (χ2n) is 5.28. The fraction of sp³-hybridized carbons (Fsp3) is 0.733. The predicted molar refractivity (Wildman–Crippen MR) is 80.0 cm³/mol. The Bertz CT molecular complexity index is 356. The molecule has 0 spiro atoms. The van der Waals surface area contributed by atoms with Crippen molar-refractivity contribution in [2.24, 2.45) is 5.41 Å². The number of ether oxygens (including phenoxy) is 4. The molecule has 0 aliphatic carbocycles. The first kappa shape index (κ1) is 15.6. The van der Waals surface area contributed by atoms with Gasteiger partial charge in [-0.15, -0.1) is 11.3 Å². The van der Waals surface area contributed by atoms with Gasteiger partial charge in [-0.05, 0) is 12.8 Å². The molecule has 5 heteroatoms. The van der Waals surface area contributed by atoms with E-state index in [-0.39, 0.29) is 5.41 Å². The number of hydrogen-bond donors (Lipinski definition) is 0. The van der Waals surface area contributed by atoms with Crippen LogP contribution in [0.4, 0.5) is 0 Å². The highest BCUT2D eigenvalue weighted by atomic mass is 32.1. The maximum Gasteiger partial charge on any atom is 0.171 e. The van der Waals surface area contributed by atoms with Gasteiger partial charge in [-0.25, -0.2) is 0 Å². The lowest BCUT2D eigenvalue weighted by atomic mass is 9.92. The Morgan fingerprint density at radius 1 is 1.00 bits per heavy atom. The second-order valence-corrected chi connectivity index (χ2v) is 6.03. The van der Waals surface area contributed by atoms with Gasteiger partial charge in [0.15, 0.2) is 11.5 Å². The summed E-state index contributed by atoms with van der Waals surface area (Å²) in [7, 11) is 0. The molecule has 0 amide bonds. The first-order chi connectivity index (χ1) is 9.79. The lowest BCUT2D eigenvalue weighted by molar-refractivity contribution is -0.0593. The van der Waals surface area contributed by atoms with Gasteiger partial charge in [0.05, 0.1) is 18.6 Å². The summed E-state index contributed by atoms with van der Waals surface area (Å²) in [6, 6.07) is 0. The Balaban J connectivity index is 1.97. The number of thiophene rings is 1. The molecule has 0 aromatic carbocycles. The van der Waals surface area contributed by atoms with Crippen LogP contribution in [0.1, 0.15) is 26.7 Å². The Hall–Kier alpha value is -0.780. The van der Waals surface area contributed by atoms with Crippen LogP contribution in [0.3, 0.4) is 0 Å². The monoisotopic (exact) mass is 300 g/mol. The van der Waals surface area contributed by atoms with Crippen molar-refractivity contribution in [3.63, 3.8) is 0 Å². The molecule has 0 radical (unpaired) electrons. The topological polar surface area (TPSA) is 36.9 Å². The van der Waals surface area contributed by atoms with E-state index in [1.165, 1.54) is 0 Å². The van der Waals surface area contributed by atoms with Gasteiger partial charge in [-0.1, -0.05) is 13.8 Å². The largest absolute Gasteiger partial charge is 0.488 e. The quantitative estimate of drug-likeness (QED) is 0.690. The van der Waals surface area contributed by atoms with Crippen molar-refractivity contribution in [3.8, 4) is 11.5 Å². The van der Waals surface area contributed by atoms with Crippen molar-refractivity contribution in [2.75, 3.05) is 39.6 Å². The number of hydrogen-bond acceptors (Lipinski definition) is 5. The molecule has 1 aliphatic heterocycles. The fourth-order valence-electron chi connectivity index (χ4n) is 2.06. The SMILES string of the molecule is CCCOCC1(COCCC)COc2cscc2OC1. The Kier molecular flexibility index (Phi) is 6.13. The van der Waals surface area contributed by atoms with Crippen LogP contribution < -0.4 is 9.47 Å². The zero-order valence-corrected chi connectivity index (χ0v) is 13.2. The van der Waals surface area contributed by atoms with Gasteiger partial charge in [0.1, 0.15) is 13.2 Å². The van der Waals surface area contributed by atoms with Gasteiger partial charge in [0.2, 0.25) is 0 Å². The van der Waals surface area contributed by atoms with Crippen molar-refractivity contribution < 1.29 is 18.9 Å². The van der Waals surface area contributed by atoms with Crippen molar-refractivity contribution >= 4 is 11.3 Å². The van der Waals surface area contributed by atoms with E-state index in [9.17, 15) is 0 Å². The molecule has 0 atom stereocenters. The molecular formula is C15H24O4S. The molecule has 1 aromatic heterocycles. The van der Waals surface area contributed by atoms with Gasteiger partial charge in [0, 0.05) is 24.0 Å². The predicted octanol–water partition coefficient (Wildman–Crippen LogP) is 3.36. The standard InChI is InChI=1S/C15H24O4S/c1-3-5-16-9-15(10-17-6-4-2)11-18-13-7-20-8-14(13)19-12-15/h7-8H,3-6,9-12H2,1-2H3. The van der Waals surface area contributed by atoms with E-state index in [1.54, 1.807) is 11.3 Å². The molecule has 0 N–H and O–H groups in total. The van der Waals surface area contributed by atoms with Crippen LogP contribution in [-0.2, 0) is 9.47 Å². The van der Waals surface area contributed by atoms with E-state index >= 15 is 0 Å². The van der Waals surface area contributed by atoms with Crippen LogP contribution in [0.15, 0.2) is 10.8 Å². The molecule has 0 saturated carbocycles. The Labute approximate surface area is 125 Å². The molecule has 4 nitrogen and oxygen atoms in total. The van der Waals surface area contributed by atoms with Crippen molar-refractivity contribution in [1.82, 2.24) is 0 Å². The van der Waals surface area contributed by atoms with Crippen LogP contribution in [0.2, 0.25) is 0 Å². The van der Waals surface area contributed by atoms with E-state index in [2.05, 4.69) is 13.8 Å². The average Bonchev–Trinajstić information content (AvgIpc) is 2.84. The minimum atomic E-state index is -0.221. The Morgan fingerprint density at radius 3 is 1.95 bits per heavy atom. The third kappa shape index (κ3) is 4.11. The summed E-state index contributed by atoms with van der Waals surface area (Å²) < 4.78 is 23.3. The van der Waals surface area contributed by atoms with Crippen molar-refractivity contribution in [1.29, 1.82) is 0 Å². The maximum atomic E-state index is 5.89. The smallest absolute Gasteiger partial charge is 0.171 e. The summed E-state index contributed by atoms with van der Waals surface area (Å²) in [6.07, 6.45) is 2.03. The normalized spacial score (nSPS) is 16.9. The summed E-state index contributed by atoms with van der Waals surface area (Å²) in [4.78, 5) is 0. The molecule has 2 heterocycles. The van der Waals surface area contributed by atoms with E-state index in [0.29, 0.717) is 26.4 Å². The molecule has 1 aromatic rings. The van der Waals surface area contributed by atoms with Crippen LogP contribution >= 0.6 is 11.3 Å². The highest BCUT2D eigenvalue weighted by molar-refractivity contribution is 7.08. The molecule has 114 valence electrons. The molecule has 0 saturated heterocycles. The molecule has 0 bridgehead atoms. The summed E-state index contributed by atoms with van der Waals surface area (Å²) in [5.74, 6) is 1.67. The summed E-state index contributed by atoms with van der Waals surface area (Å²) >= 11 is 1.60. The molecule has 1 aliphatic rings. The first-order valence-corrected chi connectivity index (χ1v) is 8.21. The van der Waals surface area contributed by atoms with E-state index in [4.69, 9.17) is 18.9 Å². The van der Waals surface area contributed by atoms with Crippen LogP contribution in [0.5, 0.6) is 11.5 Å². The maximum absolute atomic E-state index is 5.89. The van der Waals surface area contributed by atoms with Crippen LogP contribution in [0.25, 0.3) is 0 Å². The molecular weight excluding hydrogens is 276 g/mol. The highest BCUT2D eigenvalue weighted by Crippen LogP contribution is 2.37. The lowest BCUT2D eigenvalue weighted by Gasteiger charge is -2.30. The van der Waals surface area contributed by atoms with Crippen molar-refractivity contribution in [2.45, 2.75) is 26.7 Å². The van der Waals surface area contributed by atoms with Crippen LogP contribution in [0, 0.1) is 5.41 Å². The second kappa shape index (κ2) is 7.86. The molecule has 0 fully saturated rings. The zero-order chi connectivity index (χ0) is 14.3. The molecule has 2 rings (SSSR count). The first-order valence-electron chi connectivity index (χ1n) is 7.27. The number of rotatable bonds is 8. The molecule has 20 heavy (non-hydrogen) atoms.